The number of rotatable bonds is 4. The van der Waals surface area contributed by atoms with Crippen molar-refractivity contribution < 1.29 is 4.79 Å². The summed E-state index contributed by atoms with van der Waals surface area (Å²) in [7, 11) is 1.86. The van der Waals surface area contributed by atoms with Gasteiger partial charge in [-0.25, -0.2) is 9.97 Å². The zero-order valence-electron chi connectivity index (χ0n) is 9.00. The third-order valence-electron chi connectivity index (χ3n) is 2.28. The Bertz CT molecular complexity index is 478. The lowest BCUT2D eigenvalue weighted by Gasteiger charge is -1.97. The van der Waals surface area contributed by atoms with Crippen LogP contribution in [0.2, 0.25) is 0 Å². The monoisotopic (exact) mass is 216 g/mol. The largest absolute Gasteiger partial charge is 0.294 e. The lowest BCUT2D eigenvalue weighted by molar-refractivity contribution is 0.0982. The van der Waals surface area contributed by atoms with Gasteiger partial charge in [-0.05, 0) is 12.0 Å². The van der Waals surface area contributed by atoms with Crippen LogP contribution in [0.15, 0.2) is 31.1 Å². The highest BCUT2D eigenvalue weighted by Crippen LogP contribution is 2.05. The van der Waals surface area contributed by atoms with Crippen LogP contribution in [0, 0.1) is 0 Å². The van der Waals surface area contributed by atoms with Crippen molar-refractivity contribution in [1.29, 1.82) is 0 Å². The number of aromatic nitrogens is 4. The Kier molecular flexibility index (Phi) is 3.05. The first-order chi connectivity index (χ1) is 7.75. The number of nitrogens with zero attached hydrogens (tertiary/aromatic N) is 4. The molecule has 0 atom stereocenters. The molecule has 2 aromatic heterocycles. The van der Waals surface area contributed by atoms with Crippen molar-refractivity contribution in [3.8, 4) is 0 Å². The van der Waals surface area contributed by atoms with Gasteiger partial charge in [0.1, 0.15) is 6.33 Å². The quantitative estimate of drug-likeness (QED) is 0.716. The number of carbonyl (C=O) groups excluding carboxylic acids is 1. The highest BCUT2D eigenvalue weighted by atomic mass is 16.1. The highest BCUT2D eigenvalue weighted by molar-refractivity contribution is 5.95. The van der Waals surface area contributed by atoms with Crippen molar-refractivity contribution in [1.82, 2.24) is 19.7 Å². The lowest BCUT2D eigenvalue weighted by atomic mass is 10.1. The molecule has 16 heavy (non-hydrogen) atoms. The van der Waals surface area contributed by atoms with E-state index in [2.05, 4.69) is 15.1 Å². The molecule has 0 aliphatic heterocycles. The standard InChI is InChI=1S/C11H12N4O/c1-15-7-9(4-14-15)2-3-11(16)10-5-12-8-13-6-10/h4-8H,2-3H2,1H3. The molecule has 0 unspecified atom stereocenters. The van der Waals surface area contributed by atoms with Gasteiger partial charge in [0.2, 0.25) is 0 Å². The lowest BCUT2D eigenvalue weighted by Crippen LogP contribution is -2.01. The van der Waals surface area contributed by atoms with E-state index in [1.165, 1.54) is 6.33 Å². The Morgan fingerprint density at radius 3 is 2.69 bits per heavy atom. The van der Waals surface area contributed by atoms with Gasteiger partial charge in [0.05, 0.1) is 11.8 Å². The second kappa shape index (κ2) is 4.65. The summed E-state index contributed by atoms with van der Waals surface area (Å²) < 4.78 is 1.73. The van der Waals surface area contributed by atoms with Crippen LogP contribution < -0.4 is 0 Å². The molecule has 0 radical (unpaired) electrons. The van der Waals surface area contributed by atoms with Crippen LogP contribution in [0.3, 0.4) is 0 Å². The van der Waals surface area contributed by atoms with Crippen molar-refractivity contribution in [3.05, 3.63) is 42.2 Å². The SMILES string of the molecule is Cn1cc(CCC(=O)c2cncnc2)cn1. The molecule has 0 N–H and O–H groups in total. The summed E-state index contributed by atoms with van der Waals surface area (Å²) in [4.78, 5) is 19.4. The first-order valence-electron chi connectivity index (χ1n) is 5.01. The van der Waals surface area contributed by atoms with E-state index in [9.17, 15) is 4.79 Å². The van der Waals surface area contributed by atoms with E-state index in [1.807, 2.05) is 13.2 Å². The third-order valence-corrected chi connectivity index (χ3v) is 2.28. The van der Waals surface area contributed by atoms with Gasteiger partial charge < -0.3 is 0 Å². The van der Waals surface area contributed by atoms with Crippen molar-refractivity contribution in [2.45, 2.75) is 12.8 Å². The van der Waals surface area contributed by atoms with Gasteiger partial charge >= 0.3 is 0 Å². The maximum absolute atomic E-state index is 11.7. The van der Waals surface area contributed by atoms with Gasteiger partial charge in [0.15, 0.2) is 5.78 Å². The van der Waals surface area contributed by atoms with Crippen LogP contribution in [-0.4, -0.2) is 25.5 Å². The Morgan fingerprint density at radius 2 is 2.06 bits per heavy atom. The predicted octanol–water partition coefficient (Wildman–Crippen LogP) is 1.03. The summed E-state index contributed by atoms with van der Waals surface area (Å²) in [6.45, 7) is 0. The Hall–Kier alpha value is -2.04. The molecule has 0 saturated carbocycles. The molecule has 5 heteroatoms. The van der Waals surface area contributed by atoms with Gasteiger partial charge in [-0.1, -0.05) is 0 Å². The van der Waals surface area contributed by atoms with E-state index in [1.54, 1.807) is 23.3 Å². The summed E-state index contributed by atoms with van der Waals surface area (Å²) in [5, 5.41) is 4.05. The predicted molar refractivity (Wildman–Crippen MR) is 57.9 cm³/mol. The van der Waals surface area contributed by atoms with Crippen LogP contribution in [0.5, 0.6) is 0 Å². The van der Waals surface area contributed by atoms with Crippen LogP contribution in [0.4, 0.5) is 0 Å². The zero-order chi connectivity index (χ0) is 11.4. The van der Waals surface area contributed by atoms with Crippen LogP contribution >= 0.6 is 0 Å². The fourth-order valence-electron chi connectivity index (χ4n) is 1.45. The molecule has 0 aromatic carbocycles. The average Bonchev–Trinajstić information content (AvgIpc) is 2.73. The van der Waals surface area contributed by atoms with Gasteiger partial charge in [-0.15, -0.1) is 0 Å². The highest BCUT2D eigenvalue weighted by Gasteiger charge is 2.07. The first-order valence-corrected chi connectivity index (χ1v) is 5.01. The Morgan fingerprint density at radius 1 is 1.31 bits per heavy atom. The van der Waals surface area contributed by atoms with Gasteiger partial charge in [0, 0.05) is 32.1 Å². The molecule has 0 fully saturated rings. The van der Waals surface area contributed by atoms with Crippen LogP contribution in [0.25, 0.3) is 0 Å². The molecule has 0 aliphatic carbocycles. The van der Waals surface area contributed by atoms with E-state index in [0.717, 1.165) is 5.56 Å². The summed E-state index contributed by atoms with van der Waals surface area (Å²) in [6, 6.07) is 0. The number of hydrogen-bond acceptors (Lipinski definition) is 4. The number of hydrogen-bond donors (Lipinski definition) is 0. The van der Waals surface area contributed by atoms with E-state index in [0.29, 0.717) is 18.4 Å². The van der Waals surface area contributed by atoms with Crippen molar-refractivity contribution in [2.24, 2.45) is 7.05 Å². The molecule has 0 bridgehead atoms. The summed E-state index contributed by atoms with van der Waals surface area (Å²) in [5.41, 5.74) is 1.62. The molecular formula is C11H12N4O. The molecule has 2 heterocycles. The number of Topliss-reactive ketones (excluding diaryl/α,β-unsaturated/α-hetero) is 1. The van der Waals surface area contributed by atoms with Crippen LogP contribution in [0.1, 0.15) is 22.3 Å². The Labute approximate surface area is 93.2 Å². The molecule has 2 rings (SSSR count). The smallest absolute Gasteiger partial charge is 0.166 e. The third kappa shape index (κ3) is 2.50. The molecule has 0 aliphatic rings. The average molecular weight is 216 g/mol. The molecule has 0 saturated heterocycles. The molecule has 2 aromatic rings. The number of carbonyl (C=O) groups is 1. The maximum Gasteiger partial charge on any atom is 0.166 e. The normalized spacial score (nSPS) is 10.3. The van der Waals surface area contributed by atoms with Gasteiger partial charge in [-0.3, -0.25) is 9.48 Å². The van der Waals surface area contributed by atoms with Gasteiger partial charge in [-0.2, -0.15) is 5.10 Å². The fourth-order valence-corrected chi connectivity index (χ4v) is 1.45. The number of ketones is 1. The second-order valence-electron chi connectivity index (χ2n) is 3.57. The zero-order valence-corrected chi connectivity index (χ0v) is 9.00. The van der Waals surface area contributed by atoms with Crippen molar-refractivity contribution in [2.75, 3.05) is 0 Å². The topological polar surface area (TPSA) is 60.7 Å². The summed E-state index contributed by atoms with van der Waals surface area (Å²) >= 11 is 0. The number of aryl methyl sites for hydroxylation is 2. The minimum atomic E-state index is 0.0597. The van der Waals surface area contributed by atoms with Crippen molar-refractivity contribution >= 4 is 5.78 Å². The molecular weight excluding hydrogens is 204 g/mol. The first kappa shape index (κ1) is 10.5. The summed E-state index contributed by atoms with van der Waals surface area (Å²) in [6.07, 6.45) is 9.33. The van der Waals surface area contributed by atoms with Crippen LogP contribution in [-0.2, 0) is 13.5 Å². The molecule has 0 spiro atoms. The molecule has 5 nitrogen and oxygen atoms in total. The maximum atomic E-state index is 11.7. The molecule has 0 amide bonds. The van der Waals surface area contributed by atoms with E-state index >= 15 is 0 Å². The van der Waals surface area contributed by atoms with E-state index in [4.69, 9.17) is 0 Å². The second-order valence-corrected chi connectivity index (χ2v) is 3.57. The fraction of sp³-hybridized carbons (Fsp3) is 0.273. The minimum Gasteiger partial charge on any atom is -0.294 e. The Balaban J connectivity index is 1.94. The van der Waals surface area contributed by atoms with E-state index < -0.39 is 0 Å². The van der Waals surface area contributed by atoms with E-state index in [-0.39, 0.29) is 5.78 Å². The molecule has 82 valence electrons. The minimum absolute atomic E-state index is 0.0597. The van der Waals surface area contributed by atoms with Crippen molar-refractivity contribution in [3.63, 3.8) is 0 Å². The summed E-state index contributed by atoms with van der Waals surface area (Å²) in [5.74, 6) is 0.0597. The van der Waals surface area contributed by atoms with Gasteiger partial charge in [0.25, 0.3) is 0 Å².